The van der Waals surface area contributed by atoms with Crippen molar-refractivity contribution in [3.8, 4) is 0 Å². The van der Waals surface area contributed by atoms with Gasteiger partial charge in [0.05, 0.1) is 12.1 Å². The van der Waals surface area contributed by atoms with Crippen molar-refractivity contribution in [2.24, 2.45) is 5.41 Å². The Balaban J connectivity index is 1.31. The van der Waals surface area contributed by atoms with E-state index in [9.17, 15) is 10.2 Å². The highest BCUT2D eigenvalue weighted by Gasteiger charge is 2.34. The first kappa shape index (κ1) is 27.5. The zero-order valence-electron chi connectivity index (χ0n) is 22.8. The van der Waals surface area contributed by atoms with Gasteiger partial charge in [0.25, 0.3) is 0 Å². The van der Waals surface area contributed by atoms with Gasteiger partial charge in [-0.1, -0.05) is 105 Å². The first-order chi connectivity index (χ1) is 19.5. The third-order valence-electron chi connectivity index (χ3n) is 7.65. The molecule has 3 aromatic rings. The average molecular weight is 545 g/mol. The lowest BCUT2D eigenvalue weighted by Crippen LogP contribution is -2.29. The van der Waals surface area contributed by atoms with E-state index in [-0.39, 0.29) is 23.7 Å². The molecule has 5 heteroatoms. The smallest absolute Gasteiger partial charge is 0.226 e. The molecular formula is C35H34N3OS-. The molecule has 1 atom stereocenters. The Hall–Kier alpha value is -4.09. The van der Waals surface area contributed by atoms with E-state index in [0.717, 1.165) is 29.3 Å². The molecule has 0 spiro atoms. The quantitative estimate of drug-likeness (QED) is 0.196. The molecule has 2 aromatic carbocycles. The molecule has 0 saturated heterocycles. The highest BCUT2D eigenvalue weighted by molar-refractivity contribution is 7.11. The Morgan fingerprint density at radius 3 is 2.62 bits per heavy atom. The van der Waals surface area contributed by atoms with E-state index in [2.05, 4.69) is 73.5 Å². The predicted octanol–water partition coefficient (Wildman–Crippen LogP) is 8.02. The van der Waals surface area contributed by atoms with Crippen molar-refractivity contribution in [2.75, 3.05) is 6.54 Å². The minimum absolute atomic E-state index is 0.0700. The molecule has 1 saturated carbocycles. The number of hydrogen-bond donors (Lipinski definition) is 1. The molecule has 2 aliphatic rings. The van der Waals surface area contributed by atoms with Crippen molar-refractivity contribution in [1.29, 1.82) is 0 Å². The van der Waals surface area contributed by atoms with Crippen LogP contribution in [0.2, 0.25) is 0 Å². The van der Waals surface area contributed by atoms with Crippen molar-refractivity contribution in [2.45, 2.75) is 38.5 Å². The highest BCUT2D eigenvalue weighted by Crippen LogP contribution is 2.47. The summed E-state index contributed by atoms with van der Waals surface area (Å²) in [5.41, 5.74) is 6.93. The lowest BCUT2D eigenvalue weighted by atomic mass is 9.85. The van der Waals surface area contributed by atoms with Gasteiger partial charge in [-0.05, 0) is 58.1 Å². The number of carbonyl (C=O) groups excluding carboxylic acids is 1. The minimum Gasteiger partial charge on any atom is -0.810 e. The Morgan fingerprint density at radius 1 is 1.15 bits per heavy atom. The fourth-order valence-corrected chi connectivity index (χ4v) is 5.70. The molecule has 2 aliphatic carbocycles. The van der Waals surface area contributed by atoms with Gasteiger partial charge < -0.3 is 10.7 Å². The molecule has 202 valence electrons. The van der Waals surface area contributed by atoms with Gasteiger partial charge in [-0.25, -0.2) is 4.98 Å². The fourth-order valence-electron chi connectivity index (χ4n) is 4.86. The number of carbonyl (C=O) groups is 1. The Morgan fingerprint density at radius 2 is 1.93 bits per heavy atom. The standard InChI is InChI=1S/C35H34N3OS/c1-3-25-13-15-27(16-14-25)31(17-18-35(2)19-20-35)32(22-36)34-38-29(24-40-34)21-33(39)37-23-28-11-7-8-12-30(28)26-9-5-4-6-10-26/h3-11,13-18,22,24,30H,1,12,19-21,23H2,2H3,(H,37,39)/q-1/b18-17+,32-31-. The molecule has 1 unspecified atom stereocenters. The number of allylic oxidation sites excluding steroid dienone is 7. The summed E-state index contributed by atoms with van der Waals surface area (Å²) < 4.78 is 0. The third kappa shape index (κ3) is 6.72. The van der Waals surface area contributed by atoms with Gasteiger partial charge in [-0.15, -0.1) is 11.3 Å². The van der Waals surface area contributed by atoms with Crippen molar-refractivity contribution in [3.63, 3.8) is 0 Å². The second kappa shape index (κ2) is 12.4. The summed E-state index contributed by atoms with van der Waals surface area (Å²) in [5.74, 6) is 0.203. The summed E-state index contributed by atoms with van der Waals surface area (Å²) >= 11 is 1.44. The van der Waals surface area contributed by atoms with Crippen LogP contribution in [0.1, 0.15) is 59.5 Å². The van der Waals surface area contributed by atoms with Crippen LogP contribution in [-0.2, 0) is 11.2 Å². The number of thiazole rings is 1. The van der Waals surface area contributed by atoms with Crippen LogP contribution in [0.25, 0.3) is 22.6 Å². The van der Waals surface area contributed by atoms with Crippen LogP contribution in [0.4, 0.5) is 0 Å². The molecule has 1 fully saturated rings. The highest BCUT2D eigenvalue weighted by atomic mass is 32.1. The molecule has 0 radical (unpaired) electrons. The Kier molecular flexibility index (Phi) is 8.51. The summed E-state index contributed by atoms with van der Waals surface area (Å²) in [6.07, 6.45) is 17.1. The number of nitrogens with zero attached hydrogens (tertiary/aromatic N) is 2. The van der Waals surface area contributed by atoms with E-state index < -0.39 is 0 Å². The molecule has 5 rings (SSSR count). The number of amides is 1. The van der Waals surface area contributed by atoms with E-state index in [1.54, 1.807) is 0 Å². The summed E-state index contributed by atoms with van der Waals surface area (Å²) in [6, 6.07) is 18.5. The van der Waals surface area contributed by atoms with Crippen molar-refractivity contribution < 1.29 is 4.79 Å². The maximum atomic E-state index is 12.9. The zero-order valence-corrected chi connectivity index (χ0v) is 23.7. The van der Waals surface area contributed by atoms with E-state index in [4.69, 9.17) is 4.98 Å². The Bertz CT molecular complexity index is 1500. The third-order valence-corrected chi connectivity index (χ3v) is 8.57. The van der Waals surface area contributed by atoms with E-state index in [1.807, 2.05) is 41.8 Å². The second-order valence-electron chi connectivity index (χ2n) is 10.7. The van der Waals surface area contributed by atoms with Crippen molar-refractivity contribution in [3.05, 3.63) is 135 Å². The van der Waals surface area contributed by atoms with E-state index in [0.29, 0.717) is 22.8 Å². The molecule has 1 amide bonds. The van der Waals surface area contributed by atoms with Crippen LogP contribution in [0, 0.1) is 5.41 Å². The molecule has 1 aromatic heterocycles. The van der Waals surface area contributed by atoms with Crippen LogP contribution < -0.4 is 5.32 Å². The number of rotatable bonds is 11. The first-order valence-electron chi connectivity index (χ1n) is 13.7. The van der Waals surface area contributed by atoms with Crippen LogP contribution >= 0.6 is 11.3 Å². The SMILES string of the molecule is C=Cc1ccc(C(/C=C/C2(C)CC2)=C(/C=[N-])c2nc(CC(=O)NCC3=CC=CCC3c3ccccc3)cs2)cc1. The zero-order chi connectivity index (χ0) is 28.0. The van der Waals surface area contributed by atoms with Gasteiger partial charge in [0.15, 0.2) is 0 Å². The van der Waals surface area contributed by atoms with Gasteiger partial charge in [0, 0.05) is 17.8 Å². The number of nitrogens with one attached hydrogen (secondary N) is 1. The van der Waals surface area contributed by atoms with Crippen LogP contribution in [0.15, 0.2) is 103 Å². The molecule has 4 nitrogen and oxygen atoms in total. The van der Waals surface area contributed by atoms with Crippen molar-refractivity contribution in [1.82, 2.24) is 10.3 Å². The van der Waals surface area contributed by atoms with Crippen LogP contribution in [0.3, 0.4) is 0 Å². The minimum atomic E-state index is -0.0700. The second-order valence-corrected chi connectivity index (χ2v) is 11.6. The molecule has 40 heavy (non-hydrogen) atoms. The van der Waals surface area contributed by atoms with Crippen LogP contribution in [-0.4, -0.2) is 23.7 Å². The van der Waals surface area contributed by atoms with Gasteiger partial charge in [0.1, 0.15) is 5.01 Å². The summed E-state index contributed by atoms with van der Waals surface area (Å²) in [6.45, 7) is 6.59. The Labute approximate surface area is 241 Å². The monoisotopic (exact) mass is 544 g/mol. The summed E-state index contributed by atoms with van der Waals surface area (Å²) in [5, 5.41) is 16.0. The summed E-state index contributed by atoms with van der Waals surface area (Å²) in [7, 11) is 0. The normalized spacial score (nSPS) is 18.1. The van der Waals surface area contributed by atoms with Crippen LogP contribution in [0.5, 0.6) is 0 Å². The fraction of sp³-hybridized carbons (Fsp3) is 0.229. The van der Waals surface area contributed by atoms with Gasteiger partial charge in [-0.2, -0.15) is 6.21 Å². The predicted molar refractivity (Wildman–Crippen MR) is 169 cm³/mol. The summed E-state index contributed by atoms with van der Waals surface area (Å²) in [4.78, 5) is 17.7. The topological polar surface area (TPSA) is 64.3 Å². The van der Waals surface area contributed by atoms with Crippen molar-refractivity contribution >= 4 is 40.7 Å². The molecular weight excluding hydrogens is 510 g/mol. The number of hydrogen-bond acceptors (Lipinski definition) is 3. The van der Waals surface area contributed by atoms with E-state index in [1.165, 1.54) is 35.3 Å². The maximum absolute atomic E-state index is 12.9. The molecule has 1 heterocycles. The van der Waals surface area contributed by atoms with Gasteiger partial charge >= 0.3 is 0 Å². The molecule has 0 aliphatic heterocycles. The largest absolute Gasteiger partial charge is 0.810 e. The lowest BCUT2D eigenvalue weighted by Gasteiger charge is -2.22. The van der Waals surface area contributed by atoms with Gasteiger partial charge in [-0.3, -0.25) is 4.79 Å². The van der Waals surface area contributed by atoms with E-state index >= 15 is 0 Å². The number of aromatic nitrogens is 1. The first-order valence-corrected chi connectivity index (χ1v) is 14.6. The average Bonchev–Trinajstić information content (AvgIpc) is 3.56. The number of benzene rings is 2. The maximum Gasteiger partial charge on any atom is 0.226 e. The van der Waals surface area contributed by atoms with Gasteiger partial charge in [0.2, 0.25) is 5.91 Å². The molecule has 0 bridgehead atoms. The lowest BCUT2D eigenvalue weighted by molar-refractivity contribution is -0.120. The molecule has 1 N–H and O–H groups in total.